The predicted octanol–water partition coefficient (Wildman–Crippen LogP) is 2.62. The monoisotopic (exact) mass is 238 g/mol. The van der Waals surface area contributed by atoms with Gasteiger partial charge in [-0.2, -0.15) is 0 Å². The average Bonchev–Trinajstić information content (AvgIpc) is 2.29. The lowest BCUT2D eigenvalue weighted by atomic mass is 10.1. The fourth-order valence-electron chi connectivity index (χ4n) is 1.38. The molecule has 0 aliphatic carbocycles. The van der Waals surface area contributed by atoms with Gasteiger partial charge in [0.15, 0.2) is 0 Å². The lowest BCUT2D eigenvalue weighted by Gasteiger charge is -2.05. The van der Waals surface area contributed by atoms with E-state index in [0.29, 0.717) is 5.95 Å². The number of nitro groups is 1. The third-order valence-corrected chi connectivity index (χ3v) is 2.34. The Labute approximate surface area is 101 Å². The molecule has 0 fully saturated rings. The van der Waals surface area contributed by atoms with Gasteiger partial charge in [-0.25, -0.2) is 9.97 Å². The van der Waals surface area contributed by atoms with Crippen LogP contribution < -0.4 is 5.32 Å². The second-order valence-electron chi connectivity index (χ2n) is 4.34. The quantitative estimate of drug-likeness (QED) is 0.448. The Balaban J connectivity index is 2.25. The summed E-state index contributed by atoms with van der Waals surface area (Å²) in [4.78, 5) is 17.6. The summed E-state index contributed by atoms with van der Waals surface area (Å²) in [7, 11) is 0. The van der Waals surface area contributed by atoms with E-state index in [9.17, 15) is 10.1 Å². The van der Waals surface area contributed by atoms with Gasteiger partial charge in [0.1, 0.15) is 12.4 Å². The normalized spacial score (nSPS) is 10.5. The van der Waals surface area contributed by atoms with Crippen molar-refractivity contribution < 1.29 is 4.92 Å². The molecule has 6 heteroatoms. The highest BCUT2D eigenvalue weighted by Gasteiger charge is 2.05. The maximum atomic E-state index is 10.4. The van der Waals surface area contributed by atoms with E-state index >= 15 is 0 Å². The maximum absolute atomic E-state index is 10.4. The molecule has 0 atom stereocenters. The van der Waals surface area contributed by atoms with Gasteiger partial charge < -0.3 is 5.32 Å². The summed E-state index contributed by atoms with van der Waals surface area (Å²) >= 11 is 0. The van der Waals surface area contributed by atoms with Crippen LogP contribution in [0.1, 0.15) is 33.1 Å². The third-order valence-electron chi connectivity index (χ3n) is 2.34. The summed E-state index contributed by atoms with van der Waals surface area (Å²) < 4.78 is 0. The molecular formula is C11H18N4O2. The molecule has 0 unspecified atom stereocenters. The highest BCUT2D eigenvalue weighted by molar-refractivity contribution is 5.30. The minimum absolute atomic E-state index is 0.0876. The Morgan fingerprint density at radius 2 is 2.00 bits per heavy atom. The van der Waals surface area contributed by atoms with E-state index in [2.05, 4.69) is 29.1 Å². The first-order chi connectivity index (χ1) is 8.09. The highest BCUT2D eigenvalue weighted by atomic mass is 16.6. The van der Waals surface area contributed by atoms with Crippen LogP contribution in [0, 0.1) is 16.0 Å². The van der Waals surface area contributed by atoms with Gasteiger partial charge in [0, 0.05) is 6.54 Å². The number of hydrogen-bond donors (Lipinski definition) is 1. The molecule has 1 rings (SSSR count). The predicted molar refractivity (Wildman–Crippen MR) is 65.9 cm³/mol. The van der Waals surface area contributed by atoms with Crippen LogP contribution in [0.3, 0.4) is 0 Å². The summed E-state index contributed by atoms with van der Waals surface area (Å²) in [6.45, 7) is 5.20. The first-order valence-electron chi connectivity index (χ1n) is 5.80. The summed E-state index contributed by atoms with van der Waals surface area (Å²) in [6.07, 6.45) is 5.85. The number of anilines is 1. The summed E-state index contributed by atoms with van der Waals surface area (Å²) in [6, 6.07) is 0. The van der Waals surface area contributed by atoms with E-state index < -0.39 is 4.92 Å². The molecular weight excluding hydrogens is 220 g/mol. The molecule has 0 radical (unpaired) electrons. The van der Waals surface area contributed by atoms with Crippen LogP contribution in [-0.2, 0) is 0 Å². The van der Waals surface area contributed by atoms with Crippen molar-refractivity contribution in [2.24, 2.45) is 5.92 Å². The van der Waals surface area contributed by atoms with Gasteiger partial charge in [-0.1, -0.05) is 26.7 Å². The van der Waals surface area contributed by atoms with E-state index in [-0.39, 0.29) is 5.69 Å². The fourth-order valence-corrected chi connectivity index (χ4v) is 1.38. The zero-order valence-corrected chi connectivity index (χ0v) is 10.2. The lowest BCUT2D eigenvalue weighted by molar-refractivity contribution is -0.385. The van der Waals surface area contributed by atoms with Crippen molar-refractivity contribution in [3.05, 3.63) is 22.5 Å². The van der Waals surface area contributed by atoms with Crippen LogP contribution in [0.4, 0.5) is 11.6 Å². The number of rotatable bonds is 7. The highest BCUT2D eigenvalue weighted by Crippen LogP contribution is 2.09. The van der Waals surface area contributed by atoms with Crippen molar-refractivity contribution in [3.8, 4) is 0 Å². The van der Waals surface area contributed by atoms with Gasteiger partial charge in [-0.15, -0.1) is 0 Å². The first-order valence-corrected chi connectivity index (χ1v) is 5.80. The largest absolute Gasteiger partial charge is 0.354 e. The van der Waals surface area contributed by atoms with Crippen molar-refractivity contribution in [3.63, 3.8) is 0 Å². The summed E-state index contributed by atoms with van der Waals surface area (Å²) in [5.41, 5.74) is -0.0876. The fraction of sp³-hybridized carbons (Fsp3) is 0.636. The van der Waals surface area contributed by atoms with Gasteiger partial charge in [-0.3, -0.25) is 10.1 Å². The Morgan fingerprint density at radius 3 is 2.53 bits per heavy atom. The van der Waals surface area contributed by atoms with Crippen LogP contribution in [0.15, 0.2) is 12.4 Å². The number of nitrogens with one attached hydrogen (secondary N) is 1. The molecule has 0 aliphatic rings. The van der Waals surface area contributed by atoms with Crippen molar-refractivity contribution in [2.75, 3.05) is 11.9 Å². The molecule has 0 saturated heterocycles. The van der Waals surface area contributed by atoms with Crippen molar-refractivity contribution in [1.29, 1.82) is 0 Å². The molecule has 6 nitrogen and oxygen atoms in total. The summed E-state index contributed by atoms with van der Waals surface area (Å²) in [5, 5.41) is 13.4. The number of aromatic nitrogens is 2. The van der Waals surface area contributed by atoms with Crippen LogP contribution >= 0.6 is 0 Å². The van der Waals surface area contributed by atoms with E-state index in [0.717, 1.165) is 25.3 Å². The molecule has 1 aromatic heterocycles. The number of hydrogen-bond acceptors (Lipinski definition) is 5. The van der Waals surface area contributed by atoms with E-state index in [1.165, 1.54) is 18.8 Å². The molecule has 1 heterocycles. The van der Waals surface area contributed by atoms with Crippen LogP contribution in [0.25, 0.3) is 0 Å². The van der Waals surface area contributed by atoms with E-state index in [1.54, 1.807) is 0 Å². The Hall–Kier alpha value is -1.72. The van der Waals surface area contributed by atoms with Crippen molar-refractivity contribution in [1.82, 2.24) is 9.97 Å². The van der Waals surface area contributed by atoms with Gasteiger partial charge >= 0.3 is 5.69 Å². The number of nitrogens with zero attached hydrogens (tertiary/aromatic N) is 3. The van der Waals surface area contributed by atoms with Gasteiger partial charge in [0.2, 0.25) is 5.95 Å². The standard InChI is InChI=1S/C11H18N4O2/c1-9(2)5-3-4-6-12-11-13-7-10(8-14-11)15(16)17/h7-9H,3-6H2,1-2H3,(H,12,13,14). The molecule has 0 amide bonds. The second-order valence-corrected chi connectivity index (χ2v) is 4.34. The third kappa shape index (κ3) is 5.24. The van der Waals surface area contributed by atoms with E-state index in [4.69, 9.17) is 0 Å². The molecule has 0 aliphatic heterocycles. The average molecular weight is 238 g/mol. The molecule has 0 aromatic carbocycles. The van der Waals surface area contributed by atoms with Crippen LogP contribution in [0.2, 0.25) is 0 Å². The zero-order chi connectivity index (χ0) is 12.7. The Morgan fingerprint density at radius 1 is 1.35 bits per heavy atom. The molecule has 1 N–H and O–H groups in total. The van der Waals surface area contributed by atoms with Gasteiger partial charge in [0.25, 0.3) is 0 Å². The minimum Gasteiger partial charge on any atom is -0.354 e. The lowest BCUT2D eigenvalue weighted by Crippen LogP contribution is -2.05. The molecule has 0 saturated carbocycles. The van der Waals surface area contributed by atoms with Crippen LogP contribution in [-0.4, -0.2) is 21.4 Å². The summed E-state index contributed by atoms with van der Waals surface area (Å²) in [5.74, 6) is 1.17. The topological polar surface area (TPSA) is 81.0 Å². The molecule has 1 aromatic rings. The van der Waals surface area contributed by atoms with Gasteiger partial charge in [-0.05, 0) is 12.3 Å². The molecule has 17 heavy (non-hydrogen) atoms. The Bertz CT molecular complexity index is 351. The SMILES string of the molecule is CC(C)CCCCNc1ncc([N+](=O)[O-])cn1. The second kappa shape index (κ2) is 6.78. The smallest absolute Gasteiger partial charge is 0.305 e. The molecule has 0 bridgehead atoms. The van der Waals surface area contributed by atoms with Crippen molar-refractivity contribution in [2.45, 2.75) is 33.1 Å². The van der Waals surface area contributed by atoms with E-state index in [1.807, 2.05) is 0 Å². The Kier molecular flexibility index (Phi) is 5.32. The van der Waals surface area contributed by atoms with Crippen LogP contribution in [0.5, 0.6) is 0 Å². The maximum Gasteiger partial charge on any atom is 0.305 e. The van der Waals surface area contributed by atoms with Gasteiger partial charge in [0.05, 0.1) is 4.92 Å². The minimum atomic E-state index is -0.508. The first kappa shape index (κ1) is 13.3. The number of unbranched alkanes of at least 4 members (excludes halogenated alkanes) is 1. The van der Waals surface area contributed by atoms with Crippen molar-refractivity contribution >= 4 is 11.6 Å². The molecule has 0 spiro atoms. The zero-order valence-electron chi connectivity index (χ0n) is 10.2. The molecule has 94 valence electrons.